The van der Waals surface area contributed by atoms with Gasteiger partial charge in [0.2, 0.25) is 0 Å². The molecule has 0 amide bonds. The number of non-ortho nitro benzene ring substituents is 1. The maximum absolute atomic E-state index is 12.8. The van der Waals surface area contributed by atoms with Crippen LogP contribution in [0, 0.1) is 10.1 Å². The molecular formula is C27H25N3O6. The molecule has 3 aromatic carbocycles. The van der Waals surface area contributed by atoms with Crippen molar-refractivity contribution in [1.82, 2.24) is 4.98 Å². The number of rotatable bonds is 10. The summed E-state index contributed by atoms with van der Waals surface area (Å²) < 4.78 is 10.5. The van der Waals surface area contributed by atoms with E-state index in [0.29, 0.717) is 35.2 Å². The van der Waals surface area contributed by atoms with Gasteiger partial charge in [0.05, 0.1) is 22.7 Å². The normalized spacial score (nSPS) is 10.7. The predicted molar refractivity (Wildman–Crippen MR) is 136 cm³/mol. The first-order valence-electron chi connectivity index (χ1n) is 11.5. The number of H-pyrrole nitrogens is 1. The molecule has 9 heteroatoms. The zero-order chi connectivity index (χ0) is 25.5. The van der Waals surface area contributed by atoms with Gasteiger partial charge in [0, 0.05) is 41.5 Å². The molecule has 0 aliphatic carbocycles. The Morgan fingerprint density at radius 2 is 1.83 bits per heavy atom. The molecule has 0 aliphatic rings. The summed E-state index contributed by atoms with van der Waals surface area (Å²) in [6, 6.07) is 18.5. The number of esters is 2. The van der Waals surface area contributed by atoms with Crippen molar-refractivity contribution >= 4 is 34.2 Å². The molecule has 0 aliphatic heterocycles. The van der Waals surface area contributed by atoms with Crippen molar-refractivity contribution in [3.63, 3.8) is 0 Å². The van der Waals surface area contributed by atoms with E-state index in [9.17, 15) is 19.7 Å². The van der Waals surface area contributed by atoms with Crippen LogP contribution in [0.1, 0.15) is 39.6 Å². The van der Waals surface area contributed by atoms with Gasteiger partial charge in [-0.15, -0.1) is 0 Å². The van der Waals surface area contributed by atoms with Crippen LogP contribution in [0.15, 0.2) is 72.9 Å². The Kier molecular flexibility index (Phi) is 7.60. The SMILES string of the molecule is CCOC(=O)c1ccc(OC(=O)c2c[nH]c3ccc(NCCCc4cccc([N+](=O)[O-])c4)cc23)cc1. The van der Waals surface area contributed by atoms with Crippen LogP contribution in [-0.4, -0.2) is 35.0 Å². The number of carbonyl (C=O) groups is 2. The topological polar surface area (TPSA) is 124 Å². The number of nitro benzene ring substituents is 1. The smallest absolute Gasteiger partial charge is 0.345 e. The standard InChI is InChI=1S/C27H25N3O6/c1-2-35-26(31)19-8-11-22(12-9-19)36-27(32)24-17-29-25-13-10-20(16-23(24)25)28-14-4-6-18-5-3-7-21(15-18)30(33)34/h3,5,7-13,15-17,28-29H,2,4,6,14H2,1H3. The first kappa shape index (κ1) is 24.5. The number of hydrogen-bond donors (Lipinski definition) is 2. The van der Waals surface area contributed by atoms with Gasteiger partial charge < -0.3 is 19.8 Å². The van der Waals surface area contributed by atoms with Crippen LogP contribution in [0.5, 0.6) is 5.75 Å². The molecule has 0 saturated heterocycles. The molecule has 36 heavy (non-hydrogen) atoms. The number of nitro groups is 1. The Morgan fingerprint density at radius 3 is 2.58 bits per heavy atom. The molecule has 1 heterocycles. The van der Waals surface area contributed by atoms with E-state index >= 15 is 0 Å². The minimum absolute atomic E-state index is 0.0905. The van der Waals surface area contributed by atoms with Gasteiger partial charge in [0.25, 0.3) is 5.69 Å². The maximum atomic E-state index is 12.8. The Morgan fingerprint density at radius 1 is 1.03 bits per heavy atom. The summed E-state index contributed by atoms with van der Waals surface area (Å²) in [4.78, 5) is 38.2. The van der Waals surface area contributed by atoms with E-state index in [2.05, 4.69) is 10.3 Å². The zero-order valence-electron chi connectivity index (χ0n) is 19.7. The number of carbonyl (C=O) groups excluding carboxylic acids is 2. The highest BCUT2D eigenvalue weighted by atomic mass is 16.6. The van der Waals surface area contributed by atoms with Crippen LogP contribution in [0.3, 0.4) is 0 Å². The maximum Gasteiger partial charge on any atom is 0.345 e. The number of nitrogens with zero attached hydrogens (tertiary/aromatic N) is 1. The molecule has 4 aromatic rings. The molecule has 0 saturated carbocycles. The molecule has 184 valence electrons. The third kappa shape index (κ3) is 5.87. The summed E-state index contributed by atoms with van der Waals surface area (Å²) >= 11 is 0. The first-order valence-corrected chi connectivity index (χ1v) is 11.5. The third-order valence-electron chi connectivity index (χ3n) is 5.57. The minimum atomic E-state index is -0.520. The number of anilines is 1. The highest BCUT2D eigenvalue weighted by molar-refractivity contribution is 6.05. The van der Waals surface area contributed by atoms with Gasteiger partial charge in [-0.1, -0.05) is 12.1 Å². The van der Waals surface area contributed by atoms with E-state index in [-0.39, 0.29) is 12.3 Å². The van der Waals surface area contributed by atoms with Gasteiger partial charge in [-0.3, -0.25) is 10.1 Å². The van der Waals surface area contributed by atoms with E-state index in [4.69, 9.17) is 9.47 Å². The van der Waals surface area contributed by atoms with E-state index in [1.165, 1.54) is 6.07 Å². The average molecular weight is 488 g/mol. The third-order valence-corrected chi connectivity index (χ3v) is 5.57. The number of benzene rings is 3. The molecular weight excluding hydrogens is 462 g/mol. The Balaban J connectivity index is 1.37. The van der Waals surface area contributed by atoms with Gasteiger partial charge in [-0.05, 0) is 67.8 Å². The lowest BCUT2D eigenvalue weighted by Gasteiger charge is -2.08. The first-order chi connectivity index (χ1) is 17.4. The van der Waals surface area contributed by atoms with Gasteiger partial charge in [0.1, 0.15) is 5.75 Å². The van der Waals surface area contributed by atoms with Crippen molar-refractivity contribution < 1.29 is 24.0 Å². The lowest BCUT2D eigenvalue weighted by molar-refractivity contribution is -0.384. The number of aryl methyl sites for hydroxylation is 1. The van der Waals surface area contributed by atoms with Crippen molar-refractivity contribution in [2.75, 3.05) is 18.5 Å². The molecule has 4 rings (SSSR count). The van der Waals surface area contributed by atoms with Crippen molar-refractivity contribution in [2.24, 2.45) is 0 Å². The molecule has 1 aromatic heterocycles. The summed E-state index contributed by atoms with van der Waals surface area (Å²) in [6.45, 7) is 2.67. The molecule has 0 bridgehead atoms. The predicted octanol–water partition coefficient (Wildman–Crippen LogP) is 5.52. The quantitative estimate of drug-likeness (QED) is 0.0993. The van der Waals surface area contributed by atoms with E-state index in [1.54, 1.807) is 49.5 Å². The fourth-order valence-electron chi connectivity index (χ4n) is 3.79. The van der Waals surface area contributed by atoms with Crippen LogP contribution < -0.4 is 10.1 Å². The fourth-order valence-corrected chi connectivity index (χ4v) is 3.79. The van der Waals surface area contributed by atoms with Crippen LogP contribution >= 0.6 is 0 Å². The number of aromatic nitrogens is 1. The van der Waals surface area contributed by atoms with Crippen LogP contribution in [0.2, 0.25) is 0 Å². The monoisotopic (exact) mass is 487 g/mol. The summed E-state index contributed by atoms with van der Waals surface area (Å²) in [5.41, 5.74) is 3.40. The molecule has 0 radical (unpaired) electrons. The van der Waals surface area contributed by atoms with Crippen LogP contribution in [0.4, 0.5) is 11.4 Å². The highest BCUT2D eigenvalue weighted by Gasteiger charge is 2.16. The van der Waals surface area contributed by atoms with E-state index < -0.39 is 16.9 Å². The number of aromatic amines is 1. The zero-order valence-corrected chi connectivity index (χ0v) is 19.7. The van der Waals surface area contributed by atoms with Crippen molar-refractivity contribution in [1.29, 1.82) is 0 Å². The summed E-state index contributed by atoms with van der Waals surface area (Å²) in [5.74, 6) is -0.636. The second-order valence-corrected chi connectivity index (χ2v) is 8.05. The number of hydrogen-bond acceptors (Lipinski definition) is 7. The number of fused-ring (bicyclic) bond motifs is 1. The van der Waals surface area contributed by atoms with Crippen LogP contribution in [-0.2, 0) is 11.2 Å². The molecule has 0 atom stereocenters. The van der Waals surface area contributed by atoms with Crippen molar-refractivity contribution in [3.8, 4) is 5.75 Å². The largest absolute Gasteiger partial charge is 0.462 e. The molecule has 0 spiro atoms. The summed E-state index contributed by atoms with van der Waals surface area (Å²) in [5, 5.41) is 15.0. The summed E-state index contributed by atoms with van der Waals surface area (Å²) in [6.07, 6.45) is 3.09. The van der Waals surface area contributed by atoms with Gasteiger partial charge in [-0.25, -0.2) is 9.59 Å². The minimum Gasteiger partial charge on any atom is -0.462 e. The highest BCUT2D eigenvalue weighted by Crippen LogP contribution is 2.24. The van der Waals surface area contributed by atoms with Crippen molar-refractivity contribution in [2.45, 2.75) is 19.8 Å². The average Bonchev–Trinajstić information content (AvgIpc) is 3.31. The van der Waals surface area contributed by atoms with E-state index in [1.807, 2.05) is 24.3 Å². The number of nitrogens with one attached hydrogen (secondary N) is 2. The molecule has 0 unspecified atom stereocenters. The Labute approximate surface area is 207 Å². The second kappa shape index (κ2) is 11.2. The molecule has 0 fully saturated rings. The lowest BCUT2D eigenvalue weighted by Crippen LogP contribution is -2.09. The summed E-state index contributed by atoms with van der Waals surface area (Å²) in [7, 11) is 0. The Hall–Kier alpha value is -4.66. The second-order valence-electron chi connectivity index (χ2n) is 8.05. The van der Waals surface area contributed by atoms with Crippen molar-refractivity contribution in [3.05, 3.63) is 99.7 Å². The van der Waals surface area contributed by atoms with Crippen LogP contribution in [0.25, 0.3) is 10.9 Å². The van der Waals surface area contributed by atoms with Gasteiger partial charge >= 0.3 is 11.9 Å². The van der Waals surface area contributed by atoms with E-state index in [0.717, 1.165) is 23.2 Å². The Bertz CT molecular complexity index is 1390. The van der Waals surface area contributed by atoms with Gasteiger partial charge in [-0.2, -0.15) is 0 Å². The fraction of sp³-hybridized carbons (Fsp3) is 0.185. The lowest BCUT2D eigenvalue weighted by atomic mass is 10.1. The molecule has 2 N–H and O–H groups in total. The molecule has 9 nitrogen and oxygen atoms in total. The number of ether oxygens (including phenoxy) is 2. The van der Waals surface area contributed by atoms with Gasteiger partial charge in [0.15, 0.2) is 0 Å².